The fourth-order valence-electron chi connectivity index (χ4n) is 2.50. The lowest BCUT2D eigenvalue weighted by atomic mass is 9.93. The number of nitrogens with zero attached hydrogens (tertiary/aromatic N) is 1. The molecule has 1 fully saturated rings. The number of fused-ring (bicyclic) bond motifs is 1. The highest BCUT2D eigenvalue weighted by Crippen LogP contribution is 2.18. The Kier molecular flexibility index (Phi) is 3.14. The maximum absolute atomic E-state index is 3.62. The third-order valence-corrected chi connectivity index (χ3v) is 3.79. The Bertz CT molecular complexity index is 482. The zero-order valence-electron chi connectivity index (χ0n) is 10.2. The molecule has 0 saturated heterocycles. The van der Waals surface area contributed by atoms with Crippen LogP contribution in [0.3, 0.4) is 0 Å². The van der Waals surface area contributed by atoms with Crippen molar-refractivity contribution in [2.75, 3.05) is 6.54 Å². The summed E-state index contributed by atoms with van der Waals surface area (Å²) in [5.41, 5.74) is 1.36. The number of hydrogen-bond donors (Lipinski definition) is 1. The molecule has 0 spiro atoms. The maximum Gasteiger partial charge on any atom is 0.0480 e. The second-order valence-electron chi connectivity index (χ2n) is 5.00. The Morgan fingerprint density at radius 1 is 1.18 bits per heavy atom. The van der Waals surface area contributed by atoms with Gasteiger partial charge in [0.1, 0.15) is 0 Å². The molecule has 3 rings (SSSR count). The SMILES string of the molecule is c1ccc2c(c1)ccn2CCCNC1CCC1. The van der Waals surface area contributed by atoms with E-state index in [0.29, 0.717) is 0 Å². The first kappa shape index (κ1) is 10.8. The number of aryl methyl sites for hydroxylation is 1. The van der Waals surface area contributed by atoms with Crippen molar-refractivity contribution < 1.29 is 0 Å². The molecule has 0 bridgehead atoms. The van der Waals surface area contributed by atoms with Crippen molar-refractivity contribution in [2.45, 2.75) is 38.3 Å². The van der Waals surface area contributed by atoms with Crippen molar-refractivity contribution in [3.63, 3.8) is 0 Å². The Hall–Kier alpha value is -1.28. The molecule has 2 nitrogen and oxygen atoms in total. The smallest absolute Gasteiger partial charge is 0.0480 e. The van der Waals surface area contributed by atoms with Crippen LogP contribution >= 0.6 is 0 Å². The third-order valence-electron chi connectivity index (χ3n) is 3.79. The van der Waals surface area contributed by atoms with Crippen LogP contribution in [0.5, 0.6) is 0 Å². The topological polar surface area (TPSA) is 17.0 Å². The number of hydrogen-bond acceptors (Lipinski definition) is 1. The molecule has 2 heteroatoms. The van der Waals surface area contributed by atoms with E-state index < -0.39 is 0 Å². The fourth-order valence-corrected chi connectivity index (χ4v) is 2.50. The largest absolute Gasteiger partial charge is 0.347 e. The summed E-state index contributed by atoms with van der Waals surface area (Å²) in [5.74, 6) is 0. The molecule has 1 aliphatic carbocycles. The van der Waals surface area contributed by atoms with Gasteiger partial charge in [-0.2, -0.15) is 0 Å². The number of nitrogens with one attached hydrogen (secondary N) is 1. The van der Waals surface area contributed by atoms with E-state index in [-0.39, 0.29) is 0 Å². The summed E-state index contributed by atoms with van der Waals surface area (Å²) >= 11 is 0. The minimum Gasteiger partial charge on any atom is -0.347 e. The third kappa shape index (κ3) is 2.37. The molecule has 17 heavy (non-hydrogen) atoms. The van der Waals surface area contributed by atoms with E-state index in [9.17, 15) is 0 Å². The minimum absolute atomic E-state index is 0.816. The Morgan fingerprint density at radius 2 is 2.06 bits per heavy atom. The fraction of sp³-hybridized carbons (Fsp3) is 0.467. The normalized spacial score (nSPS) is 16.2. The van der Waals surface area contributed by atoms with Gasteiger partial charge in [-0.15, -0.1) is 0 Å². The summed E-state index contributed by atoms with van der Waals surface area (Å²) in [6.07, 6.45) is 7.60. The van der Waals surface area contributed by atoms with Gasteiger partial charge < -0.3 is 9.88 Å². The molecule has 0 radical (unpaired) electrons. The van der Waals surface area contributed by atoms with E-state index in [1.807, 2.05) is 0 Å². The van der Waals surface area contributed by atoms with E-state index in [2.05, 4.69) is 46.4 Å². The lowest BCUT2D eigenvalue weighted by Gasteiger charge is -2.26. The van der Waals surface area contributed by atoms with Crippen LogP contribution in [0.25, 0.3) is 10.9 Å². The highest BCUT2D eigenvalue weighted by atomic mass is 15.0. The van der Waals surface area contributed by atoms with Crippen molar-refractivity contribution in [1.82, 2.24) is 9.88 Å². The highest BCUT2D eigenvalue weighted by Gasteiger charge is 2.15. The molecule has 0 aliphatic heterocycles. The van der Waals surface area contributed by atoms with Crippen LogP contribution < -0.4 is 5.32 Å². The summed E-state index contributed by atoms with van der Waals surface area (Å²) in [5, 5.41) is 4.96. The summed E-state index contributed by atoms with van der Waals surface area (Å²) in [6.45, 7) is 2.27. The Morgan fingerprint density at radius 3 is 2.88 bits per heavy atom. The first-order valence-electron chi connectivity index (χ1n) is 6.71. The predicted molar refractivity (Wildman–Crippen MR) is 72.2 cm³/mol. The first-order valence-corrected chi connectivity index (χ1v) is 6.71. The van der Waals surface area contributed by atoms with E-state index in [1.165, 1.54) is 36.6 Å². The lowest BCUT2D eigenvalue weighted by Crippen LogP contribution is -2.35. The molecular weight excluding hydrogens is 208 g/mol. The van der Waals surface area contributed by atoms with Crippen LogP contribution in [0.15, 0.2) is 36.5 Å². The van der Waals surface area contributed by atoms with Gasteiger partial charge in [-0.1, -0.05) is 24.6 Å². The number of benzene rings is 1. The van der Waals surface area contributed by atoms with E-state index in [1.54, 1.807) is 0 Å². The van der Waals surface area contributed by atoms with Gasteiger partial charge in [0.25, 0.3) is 0 Å². The molecule has 0 atom stereocenters. The quantitative estimate of drug-likeness (QED) is 0.778. The molecule has 2 aromatic rings. The second kappa shape index (κ2) is 4.92. The Labute approximate surface area is 103 Å². The van der Waals surface area contributed by atoms with Gasteiger partial charge in [0.15, 0.2) is 0 Å². The molecule has 1 N–H and O–H groups in total. The number of aromatic nitrogens is 1. The highest BCUT2D eigenvalue weighted by molar-refractivity contribution is 5.79. The zero-order valence-corrected chi connectivity index (χ0v) is 10.2. The van der Waals surface area contributed by atoms with Crippen LogP contribution in [-0.2, 0) is 6.54 Å². The van der Waals surface area contributed by atoms with Crippen molar-refractivity contribution >= 4 is 10.9 Å². The van der Waals surface area contributed by atoms with Gasteiger partial charge >= 0.3 is 0 Å². The van der Waals surface area contributed by atoms with E-state index >= 15 is 0 Å². The van der Waals surface area contributed by atoms with Crippen molar-refractivity contribution in [3.8, 4) is 0 Å². The van der Waals surface area contributed by atoms with Crippen LogP contribution in [0.1, 0.15) is 25.7 Å². The van der Waals surface area contributed by atoms with Crippen LogP contribution in [-0.4, -0.2) is 17.2 Å². The molecular formula is C15H20N2. The van der Waals surface area contributed by atoms with Crippen molar-refractivity contribution in [3.05, 3.63) is 36.5 Å². The first-order chi connectivity index (χ1) is 8.43. The average Bonchev–Trinajstić information content (AvgIpc) is 2.70. The summed E-state index contributed by atoms with van der Waals surface area (Å²) in [7, 11) is 0. The number of rotatable bonds is 5. The van der Waals surface area contributed by atoms with Gasteiger partial charge in [0.2, 0.25) is 0 Å². The Balaban J connectivity index is 1.53. The molecule has 1 saturated carbocycles. The second-order valence-corrected chi connectivity index (χ2v) is 5.00. The molecule has 1 aliphatic rings. The van der Waals surface area contributed by atoms with Gasteiger partial charge in [0, 0.05) is 24.3 Å². The van der Waals surface area contributed by atoms with Crippen molar-refractivity contribution in [1.29, 1.82) is 0 Å². The van der Waals surface area contributed by atoms with E-state index in [0.717, 1.165) is 19.1 Å². The summed E-state index contributed by atoms with van der Waals surface area (Å²) in [6, 6.07) is 11.6. The van der Waals surface area contributed by atoms with Gasteiger partial charge in [-0.25, -0.2) is 0 Å². The van der Waals surface area contributed by atoms with Crippen LogP contribution in [0.2, 0.25) is 0 Å². The molecule has 1 heterocycles. The summed E-state index contributed by atoms with van der Waals surface area (Å²) < 4.78 is 2.36. The molecule has 1 aromatic heterocycles. The van der Waals surface area contributed by atoms with Gasteiger partial charge in [0.05, 0.1) is 0 Å². The van der Waals surface area contributed by atoms with Crippen molar-refractivity contribution in [2.24, 2.45) is 0 Å². The monoisotopic (exact) mass is 228 g/mol. The molecule has 0 unspecified atom stereocenters. The summed E-state index contributed by atoms with van der Waals surface area (Å²) in [4.78, 5) is 0. The van der Waals surface area contributed by atoms with Crippen LogP contribution in [0.4, 0.5) is 0 Å². The van der Waals surface area contributed by atoms with Gasteiger partial charge in [-0.05, 0) is 43.3 Å². The van der Waals surface area contributed by atoms with Gasteiger partial charge in [-0.3, -0.25) is 0 Å². The van der Waals surface area contributed by atoms with E-state index in [4.69, 9.17) is 0 Å². The van der Waals surface area contributed by atoms with Crippen LogP contribution in [0, 0.1) is 0 Å². The molecule has 0 amide bonds. The maximum atomic E-state index is 3.62. The minimum atomic E-state index is 0.816. The average molecular weight is 228 g/mol. The zero-order chi connectivity index (χ0) is 11.5. The number of para-hydroxylation sites is 1. The molecule has 1 aromatic carbocycles. The molecule has 90 valence electrons. The predicted octanol–water partition coefficient (Wildman–Crippen LogP) is 3.17. The lowest BCUT2D eigenvalue weighted by molar-refractivity contribution is 0.336. The standard InChI is InChI=1S/C15H20N2/c1-2-8-15-13(5-1)9-12-17(15)11-4-10-16-14-6-3-7-14/h1-2,5,8-9,12,14,16H,3-4,6-7,10-11H2.